The van der Waals surface area contributed by atoms with Crippen molar-refractivity contribution in [2.45, 2.75) is 6.10 Å². The smallest absolute Gasteiger partial charge is 0.122 e. The van der Waals surface area contributed by atoms with Crippen LogP contribution in [0.5, 0.6) is 0 Å². The second kappa shape index (κ2) is 3.72. The molecule has 1 aromatic heterocycles. The van der Waals surface area contributed by atoms with Crippen LogP contribution in [0.15, 0.2) is 23.6 Å². The maximum atomic E-state index is 9.43. The Bertz CT molecular complexity index is 339. The van der Waals surface area contributed by atoms with Gasteiger partial charge in [-0.2, -0.15) is 5.26 Å². The number of hydrogen-bond donors (Lipinski definition) is 1. The number of rotatable bonds is 2. The molecular weight excluding hydrogens is 194 g/mol. The number of halogens is 1. The van der Waals surface area contributed by atoms with Gasteiger partial charge in [-0.1, -0.05) is 18.2 Å². The SMILES string of the molecule is C=C(C#N)C(O)c1cc(Cl)cs1. The fourth-order valence-corrected chi connectivity index (χ4v) is 1.80. The molecule has 0 bridgehead atoms. The standard InChI is InChI=1S/C8H6ClNOS/c1-5(3-10)8(11)7-2-6(9)4-12-7/h2,4,8,11H,1H2. The average molecular weight is 200 g/mol. The summed E-state index contributed by atoms with van der Waals surface area (Å²) >= 11 is 6.95. The van der Waals surface area contributed by atoms with Crippen molar-refractivity contribution in [1.29, 1.82) is 5.26 Å². The van der Waals surface area contributed by atoms with E-state index in [9.17, 15) is 5.11 Å². The Morgan fingerprint density at radius 2 is 2.50 bits per heavy atom. The molecule has 0 radical (unpaired) electrons. The Kier molecular flexibility index (Phi) is 2.88. The fraction of sp³-hybridized carbons (Fsp3) is 0.125. The molecule has 0 saturated carbocycles. The van der Waals surface area contributed by atoms with Crippen LogP contribution in [-0.4, -0.2) is 5.11 Å². The molecular formula is C8H6ClNOS. The van der Waals surface area contributed by atoms with E-state index < -0.39 is 6.10 Å². The first-order valence-electron chi connectivity index (χ1n) is 3.16. The molecule has 0 aliphatic carbocycles. The minimum Gasteiger partial charge on any atom is -0.382 e. The van der Waals surface area contributed by atoms with Gasteiger partial charge in [0, 0.05) is 10.3 Å². The van der Waals surface area contributed by atoms with Crippen LogP contribution in [0, 0.1) is 11.3 Å². The Morgan fingerprint density at radius 3 is 2.92 bits per heavy atom. The van der Waals surface area contributed by atoms with E-state index in [1.807, 2.05) is 0 Å². The van der Waals surface area contributed by atoms with Crippen molar-refractivity contribution in [3.63, 3.8) is 0 Å². The third-order valence-electron chi connectivity index (χ3n) is 1.33. The van der Waals surface area contributed by atoms with Gasteiger partial charge in [-0.3, -0.25) is 0 Å². The second-order valence-electron chi connectivity index (χ2n) is 2.21. The lowest BCUT2D eigenvalue weighted by Gasteiger charge is -2.03. The zero-order valence-electron chi connectivity index (χ0n) is 6.12. The van der Waals surface area contributed by atoms with Gasteiger partial charge in [-0.05, 0) is 6.07 Å². The van der Waals surface area contributed by atoms with Crippen molar-refractivity contribution in [3.8, 4) is 6.07 Å². The van der Waals surface area contributed by atoms with Gasteiger partial charge in [-0.15, -0.1) is 11.3 Å². The molecule has 1 N–H and O–H groups in total. The molecule has 1 rings (SSSR count). The summed E-state index contributed by atoms with van der Waals surface area (Å²) < 4.78 is 0. The van der Waals surface area contributed by atoms with Gasteiger partial charge in [0.2, 0.25) is 0 Å². The lowest BCUT2D eigenvalue weighted by atomic mass is 10.1. The van der Waals surface area contributed by atoms with Gasteiger partial charge in [0.05, 0.1) is 16.7 Å². The number of nitrogens with zero attached hydrogens (tertiary/aromatic N) is 1. The number of nitriles is 1. The predicted octanol–water partition coefficient (Wildman–Crippen LogP) is 2.51. The highest BCUT2D eigenvalue weighted by molar-refractivity contribution is 7.10. The highest BCUT2D eigenvalue weighted by Crippen LogP contribution is 2.28. The van der Waals surface area contributed by atoms with E-state index >= 15 is 0 Å². The first-order valence-corrected chi connectivity index (χ1v) is 4.42. The minimum absolute atomic E-state index is 0.133. The largest absolute Gasteiger partial charge is 0.382 e. The van der Waals surface area contributed by atoms with Crippen LogP contribution in [0.3, 0.4) is 0 Å². The topological polar surface area (TPSA) is 44.0 Å². The van der Waals surface area contributed by atoms with Crippen LogP contribution in [-0.2, 0) is 0 Å². The van der Waals surface area contributed by atoms with Crippen molar-refractivity contribution >= 4 is 22.9 Å². The van der Waals surface area contributed by atoms with E-state index in [1.165, 1.54) is 11.3 Å². The van der Waals surface area contributed by atoms with Gasteiger partial charge in [0.15, 0.2) is 0 Å². The maximum absolute atomic E-state index is 9.43. The number of thiophene rings is 1. The summed E-state index contributed by atoms with van der Waals surface area (Å²) in [4.78, 5) is 0.645. The van der Waals surface area contributed by atoms with E-state index in [0.717, 1.165) is 0 Å². The van der Waals surface area contributed by atoms with Gasteiger partial charge in [0.1, 0.15) is 6.10 Å². The van der Waals surface area contributed by atoms with Crippen LogP contribution in [0.1, 0.15) is 11.0 Å². The summed E-state index contributed by atoms with van der Waals surface area (Å²) in [6, 6.07) is 3.42. The summed E-state index contributed by atoms with van der Waals surface area (Å²) in [6.07, 6.45) is -0.910. The molecule has 1 heterocycles. The summed E-state index contributed by atoms with van der Waals surface area (Å²) in [7, 11) is 0. The number of aliphatic hydroxyl groups excluding tert-OH is 1. The van der Waals surface area contributed by atoms with Crippen molar-refractivity contribution in [2.75, 3.05) is 0 Å². The Hall–Kier alpha value is -0.820. The number of aliphatic hydroxyl groups is 1. The quantitative estimate of drug-likeness (QED) is 0.744. The molecule has 0 spiro atoms. The zero-order chi connectivity index (χ0) is 9.14. The van der Waals surface area contributed by atoms with E-state index in [0.29, 0.717) is 9.90 Å². The van der Waals surface area contributed by atoms with Crippen LogP contribution in [0.4, 0.5) is 0 Å². The monoisotopic (exact) mass is 199 g/mol. The van der Waals surface area contributed by atoms with Crippen LogP contribution >= 0.6 is 22.9 Å². The Balaban J connectivity index is 2.86. The van der Waals surface area contributed by atoms with Gasteiger partial charge >= 0.3 is 0 Å². The molecule has 1 atom stereocenters. The van der Waals surface area contributed by atoms with Crippen molar-refractivity contribution in [3.05, 3.63) is 33.5 Å². The van der Waals surface area contributed by atoms with E-state index in [2.05, 4.69) is 6.58 Å². The molecule has 0 aromatic carbocycles. The predicted molar refractivity (Wildman–Crippen MR) is 49.0 cm³/mol. The van der Waals surface area contributed by atoms with Crippen LogP contribution < -0.4 is 0 Å². The Labute approximate surface area is 79.3 Å². The van der Waals surface area contributed by atoms with Gasteiger partial charge in [-0.25, -0.2) is 0 Å². The fourth-order valence-electron chi connectivity index (χ4n) is 0.705. The lowest BCUT2D eigenvalue weighted by molar-refractivity contribution is 0.225. The third-order valence-corrected chi connectivity index (χ3v) is 2.66. The van der Waals surface area contributed by atoms with Crippen molar-refractivity contribution in [2.24, 2.45) is 0 Å². The normalized spacial score (nSPS) is 12.1. The Morgan fingerprint density at radius 1 is 1.83 bits per heavy atom. The summed E-state index contributed by atoms with van der Waals surface area (Å²) in [5.41, 5.74) is 0.133. The van der Waals surface area contributed by atoms with Crippen molar-refractivity contribution < 1.29 is 5.11 Å². The van der Waals surface area contributed by atoms with E-state index in [1.54, 1.807) is 17.5 Å². The molecule has 1 aromatic rings. The maximum Gasteiger partial charge on any atom is 0.122 e. The van der Waals surface area contributed by atoms with Crippen LogP contribution in [0.2, 0.25) is 5.02 Å². The molecule has 1 unspecified atom stereocenters. The molecule has 0 aliphatic rings. The zero-order valence-corrected chi connectivity index (χ0v) is 7.69. The first-order chi connectivity index (χ1) is 5.65. The first kappa shape index (κ1) is 9.27. The molecule has 4 heteroatoms. The molecule has 0 saturated heterocycles. The van der Waals surface area contributed by atoms with Crippen LogP contribution in [0.25, 0.3) is 0 Å². The molecule has 0 amide bonds. The summed E-state index contributed by atoms with van der Waals surface area (Å²) in [5, 5.41) is 20.1. The summed E-state index contributed by atoms with van der Waals surface area (Å²) in [5.74, 6) is 0. The van der Waals surface area contributed by atoms with E-state index in [-0.39, 0.29) is 5.57 Å². The lowest BCUT2D eigenvalue weighted by Crippen LogP contribution is -1.95. The second-order valence-corrected chi connectivity index (χ2v) is 3.59. The highest BCUT2D eigenvalue weighted by atomic mass is 35.5. The van der Waals surface area contributed by atoms with Gasteiger partial charge < -0.3 is 5.11 Å². The highest BCUT2D eigenvalue weighted by Gasteiger charge is 2.12. The molecule has 2 nitrogen and oxygen atoms in total. The minimum atomic E-state index is -0.910. The number of hydrogen-bond acceptors (Lipinski definition) is 3. The van der Waals surface area contributed by atoms with Crippen molar-refractivity contribution in [1.82, 2.24) is 0 Å². The molecule has 0 aliphatic heterocycles. The molecule has 12 heavy (non-hydrogen) atoms. The summed E-state index contributed by atoms with van der Waals surface area (Å²) in [6.45, 7) is 3.41. The third kappa shape index (κ3) is 1.86. The molecule has 62 valence electrons. The van der Waals surface area contributed by atoms with Gasteiger partial charge in [0.25, 0.3) is 0 Å². The van der Waals surface area contributed by atoms with E-state index in [4.69, 9.17) is 16.9 Å². The molecule has 0 fully saturated rings. The average Bonchev–Trinajstić information content (AvgIpc) is 2.49.